The molecule has 2 aromatic heterocycles. The zero-order valence-electron chi connectivity index (χ0n) is 34.3. The van der Waals surface area contributed by atoms with E-state index in [-0.39, 0.29) is 41.1 Å². The molecule has 4 aliphatic rings. The standard InChI is InChI=1S/C45H54N8O6/c1-27(2)37(50-43(56)58-3)41(54)53-26-45(20-21-45)24-36(53)40-47-32-19-16-29(23-33(32)48-40)13-12-28-14-17-30(18-15-28)34-25-46-39(49-34)35-11-8-22-52(35)42(55)38(51-44(57)59-4)31-9-6-5-7-10-31/h14-19,23,25,27,31,35-38H,5-11,20-22,24,26H2,1-4H3,(H,46,49)(H,47,48)(H,50,56)(H,51,57)/t35-,36-,37-,38-/m0/s1. The van der Waals surface area contributed by atoms with E-state index in [1.807, 2.05) is 72.3 Å². The average molecular weight is 803 g/mol. The number of hydrogen-bond acceptors (Lipinski definition) is 8. The van der Waals surface area contributed by atoms with Gasteiger partial charge in [0.1, 0.15) is 23.7 Å². The van der Waals surface area contributed by atoms with E-state index in [4.69, 9.17) is 19.4 Å². The SMILES string of the molecule is COC(=O)N[C@H](C(=O)N1CC2(CC2)C[C@H]1c1nc2ccc(C#Cc3ccc(-c4cnc([C@@H]5CCCN5C(=O)[C@@H](NC(=O)OC)C5CCCCC5)[nH]4)cc3)cc2[nH]1)C(C)C. The highest BCUT2D eigenvalue weighted by Crippen LogP contribution is 2.58. The molecule has 8 rings (SSSR count). The summed E-state index contributed by atoms with van der Waals surface area (Å²) in [5, 5.41) is 5.60. The third-order valence-corrected chi connectivity index (χ3v) is 12.8. The van der Waals surface area contributed by atoms with Crippen LogP contribution >= 0.6 is 0 Å². The summed E-state index contributed by atoms with van der Waals surface area (Å²) in [4.78, 5) is 72.6. The number of hydrogen-bond donors (Lipinski definition) is 4. The first-order valence-corrected chi connectivity index (χ1v) is 21.0. The van der Waals surface area contributed by atoms with E-state index in [2.05, 4.69) is 32.4 Å². The Morgan fingerprint density at radius 2 is 1.53 bits per heavy atom. The highest BCUT2D eigenvalue weighted by atomic mass is 16.5. The van der Waals surface area contributed by atoms with Gasteiger partial charge in [0.15, 0.2) is 0 Å². The number of benzene rings is 2. The number of carbonyl (C=O) groups excluding carboxylic acids is 4. The molecule has 2 aliphatic carbocycles. The monoisotopic (exact) mass is 802 g/mol. The van der Waals surface area contributed by atoms with Crippen LogP contribution in [0.2, 0.25) is 0 Å². The summed E-state index contributed by atoms with van der Waals surface area (Å²) in [6, 6.07) is 12.2. The highest BCUT2D eigenvalue weighted by molar-refractivity contribution is 5.87. The Kier molecular flexibility index (Phi) is 11.4. The molecule has 2 saturated heterocycles. The molecule has 14 nitrogen and oxygen atoms in total. The van der Waals surface area contributed by atoms with E-state index in [0.717, 1.165) is 109 Å². The molecular formula is C45H54N8O6. The minimum atomic E-state index is -0.695. The number of aromatic nitrogens is 4. The minimum Gasteiger partial charge on any atom is -0.453 e. The first kappa shape index (κ1) is 40.0. The maximum absolute atomic E-state index is 14.0. The van der Waals surface area contributed by atoms with E-state index in [0.29, 0.717) is 13.1 Å². The molecule has 4 fully saturated rings. The Morgan fingerprint density at radius 1 is 0.814 bits per heavy atom. The predicted molar refractivity (Wildman–Crippen MR) is 221 cm³/mol. The predicted octanol–water partition coefficient (Wildman–Crippen LogP) is 6.76. The Morgan fingerprint density at radius 3 is 2.24 bits per heavy atom. The molecular weight excluding hydrogens is 749 g/mol. The number of rotatable bonds is 9. The summed E-state index contributed by atoms with van der Waals surface area (Å²) in [6.07, 6.45) is 10.3. The van der Waals surface area contributed by atoms with Crippen molar-refractivity contribution in [3.05, 3.63) is 71.4 Å². The van der Waals surface area contributed by atoms with Crippen LogP contribution < -0.4 is 10.6 Å². The van der Waals surface area contributed by atoms with Gasteiger partial charge >= 0.3 is 12.2 Å². The number of aromatic amines is 2. The van der Waals surface area contributed by atoms with Gasteiger partial charge in [-0.05, 0) is 98.1 Å². The number of nitrogens with one attached hydrogen (secondary N) is 4. The summed E-state index contributed by atoms with van der Waals surface area (Å²) in [6.45, 7) is 5.10. The van der Waals surface area contributed by atoms with Gasteiger partial charge in [0, 0.05) is 24.2 Å². The Hall–Kier alpha value is -5.84. The second kappa shape index (κ2) is 16.8. The molecule has 0 bridgehead atoms. The highest BCUT2D eigenvalue weighted by Gasteiger charge is 2.55. The summed E-state index contributed by atoms with van der Waals surface area (Å²) >= 11 is 0. The molecule has 4 atom stereocenters. The number of amides is 4. The van der Waals surface area contributed by atoms with E-state index in [1.165, 1.54) is 14.2 Å². The van der Waals surface area contributed by atoms with Crippen LogP contribution in [0.1, 0.15) is 113 Å². The lowest BCUT2D eigenvalue weighted by atomic mass is 9.83. The minimum absolute atomic E-state index is 0.0668. The van der Waals surface area contributed by atoms with Gasteiger partial charge < -0.3 is 39.9 Å². The average Bonchev–Trinajstić information content (AvgIpc) is 3.74. The molecule has 4 heterocycles. The maximum Gasteiger partial charge on any atom is 0.407 e. The van der Waals surface area contributed by atoms with Crippen molar-refractivity contribution in [1.82, 2.24) is 40.4 Å². The molecule has 0 radical (unpaired) electrons. The van der Waals surface area contributed by atoms with Crippen LogP contribution in [0, 0.1) is 29.1 Å². The fourth-order valence-corrected chi connectivity index (χ4v) is 9.27. The lowest BCUT2D eigenvalue weighted by Crippen LogP contribution is -2.52. The van der Waals surface area contributed by atoms with Crippen molar-refractivity contribution in [2.24, 2.45) is 17.3 Å². The maximum atomic E-state index is 14.0. The lowest BCUT2D eigenvalue weighted by molar-refractivity contribution is -0.136. The molecule has 4 amide bonds. The van der Waals surface area contributed by atoms with E-state index >= 15 is 0 Å². The van der Waals surface area contributed by atoms with Crippen LogP contribution in [0.4, 0.5) is 9.59 Å². The molecule has 2 aliphatic heterocycles. The summed E-state index contributed by atoms with van der Waals surface area (Å²) in [5.41, 5.74) is 5.26. The molecule has 4 N–H and O–H groups in total. The molecule has 310 valence electrons. The van der Waals surface area contributed by atoms with E-state index in [1.54, 1.807) is 0 Å². The van der Waals surface area contributed by atoms with Crippen molar-refractivity contribution in [1.29, 1.82) is 0 Å². The smallest absolute Gasteiger partial charge is 0.407 e. The van der Waals surface area contributed by atoms with Gasteiger partial charge in [-0.3, -0.25) is 9.59 Å². The first-order chi connectivity index (χ1) is 28.5. The lowest BCUT2D eigenvalue weighted by Gasteiger charge is -2.34. The second-order valence-electron chi connectivity index (χ2n) is 17.1. The van der Waals surface area contributed by atoms with Crippen molar-refractivity contribution in [3.8, 4) is 23.1 Å². The number of H-pyrrole nitrogens is 2. The number of alkyl carbamates (subject to hydrolysis) is 2. The van der Waals surface area contributed by atoms with Crippen LogP contribution in [-0.4, -0.2) is 93.1 Å². The third-order valence-electron chi connectivity index (χ3n) is 12.8. The summed E-state index contributed by atoms with van der Waals surface area (Å²) in [5.74, 6) is 7.85. The van der Waals surface area contributed by atoms with Gasteiger partial charge in [0.25, 0.3) is 0 Å². The molecule has 1 spiro atoms. The van der Waals surface area contributed by atoms with Gasteiger partial charge in [-0.2, -0.15) is 0 Å². The van der Waals surface area contributed by atoms with Crippen molar-refractivity contribution < 1.29 is 28.7 Å². The van der Waals surface area contributed by atoms with Gasteiger partial charge in [0.2, 0.25) is 11.8 Å². The Balaban J connectivity index is 0.940. The molecule has 0 unspecified atom stereocenters. The zero-order chi connectivity index (χ0) is 41.3. The van der Waals surface area contributed by atoms with Crippen LogP contribution in [0.25, 0.3) is 22.3 Å². The van der Waals surface area contributed by atoms with Gasteiger partial charge in [0.05, 0.1) is 49.2 Å². The van der Waals surface area contributed by atoms with Crippen LogP contribution in [0.5, 0.6) is 0 Å². The third kappa shape index (κ3) is 8.51. The topological polar surface area (TPSA) is 175 Å². The molecule has 4 aromatic rings. The molecule has 59 heavy (non-hydrogen) atoms. The number of imidazole rings is 2. The normalized spacial score (nSPS) is 20.9. The van der Waals surface area contributed by atoms with Crippen molar-refractivity contribution in [3.63, 3.8) is 0 Å². The number of ether oxygens (including phenoxy) is 2. The van der Waals surface area contributed by atoms with Crippen molar-refractivity contribution in [2.45, 2.75) is 102 Å². The number of carbonyl (C=O) groups is 4. The number of nitrogens with zero attached hydrogens (tertiary/aromatic N) is 4. The van der Waals surface area contributed by atoms with E-state index in [9.17, 15) is 19.2 Å². The summed E-state index contributed by atoms with van der Waals surface area (Å²) < 4.78 is 9.70. The second-order valence-corrected chi connectivity index (χ2v) is 17.1. The van der Waals surface area contributed by atoms with Gasteiger partial charge in [-0.1, -0.05) is 57.1 Å². The molecule has 14 heteroatoms. The number of fused-ring (bicyclic) bond motifs is 1. The van der Waals surface area contributed by atoms with Gasteiger partial charge in [-0.25, -0.2) is 19.6 Å². The van der Waals surface area contributed by atoms with Crippen LogP contribution in [-0.2, 0) is 19.1 Å². The van der Waals surface area contributed by atoms with Crippen LogP contribution in [0.15, 0.2) is 48.7 Å². The zero-order valence-corrected chi connectivity index (χ0v) is 34.3. The molecule has 2 aromatic carbocycles. The number of likely N-dealkylation sites (tertiary alicyclic amines) is 2. The van der Waals surface area contributed by atoms with Crippen molar-refractivity contribution in [2.75, 3.05) is 27.3 Å². The Bertz CT molecular complexity index is 2260. The Labute approximate surface area is 344 Å². The van der Waals surface area contributed by atoms with Gasteiger partial charge in [-0.15, -0.1) is 0 Å². The fraction of sp³-hybridized carbons (Fsp3) is 0.511. The first-order valence-electron chi connectivity index (χ1n) is 21.0. The summed E-state index contributed by atoms with van der Waals surface area (Å²) in [7, 11) is 2.63. The van der Waals surface area contributed by atoms with Crippen LogP contribution in [0.3, 0.4) is 0 Å². The fourth-order valence-electron chi connectivity index (χ4n) is 9.27. The van der Waals surface area contributed by atoms with Crippen molar-refractivity contribution >= 4 is 35.0 Å². The molecule has 2 saturated carbocycles. The quantitative estimate of drug-likeness (QED) is 0.134. The number of methoxy groups -OCH3 is 2. The largest absolute Gasteiger partial charge is 0.453 e. The van der Waals surface area contributed by atoms with E-state index < -0.39 is 24.3 Å².